The van der Waals surface area contributed by atoms with Crippen LogP contribution in [0.2, 0.25) is 0 Å². The van der Waals surface area contributed by atoms with Crippen LogP contribution in [-0.4, -0.2) is 4.98 Å². The summed E-state index contributed by atoms with van der Waals surface area (Å²) in [6, 6.07) is 14.0. The number of pyridine rings is 1. The van der Waals surface area contributed by atoms with E-state index in [1.807, 2.05) is 0 Å². The van der Waals surface area contributed by atoms with Crippen molar-refractivity contribution < 1.29 is 0 Å². The Balaban J connectivity index is 1.38. The first-order valence-corrected chi connectivity index (χ1v) is 13.3. The Morgan fingerprint density at radius 2 is 1.71 bits per heavy atom. The number of hydrogen-bond acceptors (Lipinski definition) is 1. The molecule has 168 valence electrons. The van der Waals surface area contributed by atoms with E-state index in [4.69, 9.17) is 4.98 Å². The van der Waals surface area contributed by atoms with Gasteiger partial charge < -0.3 is 0 Å². The molecular formula is C30H43N. The summed E-state index contributed by atoms with van der Waals surface area (Å²) in [5, 5.41) is 0. The van der Waals surface area contributed by atoms with Crippen LogP contribution in [0.3, 0.4) is 0 Å². The molecule has 2 aliphatic rings. The maximum absolute atomic E-state index is 5.08. The zero-order valence-electron chi connectivity index (χ0n) is 20.2. The Morgan fingerprint density at radius 3 is 2.45 bits per heavy atom. The van der Waals surface area contributed by atoms with Crippen LogP contribution in [0, 0.1) is 17.8 Å². The van der Waals surface area contributed by atoms with E-state index in [9.17, 15) is 0 Å². The minimum absolute atomic E-state index is 0.749. The average Bonchev–Trinajstić information content (AvgIpc) is 2.80. The zero-order valence-corrected chi connectivity index (χ0v) is 20.2. The van der Waals surface area contributed by atoms with Gasteiger partial charge in [-0.1, -0.05) is 89.6 Å². The van der Waals surface area contributed by atoms with Gasteiger partial charge in [0.15, 0.2) is 0 Å². The highest BCUT2D eigenvalue weighted by atomic mass is 14.7. The molecule has 4 unspecified atom stereocenters. The predicted octanol–water partition coefficient (Wildman–Crippen LogP) is 8.75. The summed E-state index contributed by atoms with van der Waals surface area (Å²) in [5.74, 6) is 3.44. The fourth-order valence-electron chi connectivity index (χ4n) is 6.27. The third-order valence-corrected chi connectivity index (χ3v) is 8.27. The molecule has 4 rings (SSSR count). The molecule has 2 aromatic rings. The molecule has 0 radical (unpaired) electrons. The van der Waals surface area contributed by atoms with Gasteiger partial charge in [0.2, 0.25) is 0 Å². The molecule has 1 heterocycles. The first-order valence-electron chi connectivity index (χ1n) is 13.3. The van der Waals surface area contributed by atoms with Gasteiger partial charge in [0.1, 0.15) is 0 Å². The van der Waals surface area contributed by atoms with Crippen molar-refractivity contribution in [2.24, 2.45) is 17.8 Å². The summed E-state index contributed by atoms with van der Waals surface area (Å²) in [6.07, 6.45) is 16.2. The quantitative estimate of drug-likeness (QED) is 0.391. The molecule has 0 saturated heterocycles. The lowest BCUT2D eigenvalue weighted by Gasteiger charge is -2.34. The van der Waals surface area contributed by atoms with Crippen LogP contribution in [0.1, 0.15) is 108 Å². The highest BCUT2D eigenvalue weighted by Gasteiger charge is 2.28. The second kappa shape index (κ2) is 10.8. The lowest BCUT2D eigenvalue weighted by molar-refractivity contribution is 0.215. The molecule has 2 aliphatic carbocycles. The lowest BCUT2D eigenvalue weighted by Crippen LogP contribution is -2.22. The molecule has 0 amide bonds. The van der Waals surface area contributed by atoms with E-state index >= 15 is 0 Å². The Labute approximate surface area is 191 Å². The Bertz CT molecular complexity index is 821. The highest BCUT2D eigenvalue weighted by molar-refractivity contribution is 5.60. The molecule has 1 fully saturated rings. The zero-order chi connectivity index (χ0) is 21.6. The van der Waals surface area contributed by atoms with E-state index in [0.29, 0.717) is 0 Å². The molecule has 1 heteroatoms. The summed E-state index contributed by atoms with van der Waals surface area (Å²) < 4.78 is 0. The van der Waals surface area contributed by atoms with E-state index in [-0.39, 0.29) is 0 Å². The van der Waals surface area contributed by atoms with Gasteiger partial charge >= 0.3 is 0 Å². The van der Waals surface area contributed by atoms with Crippen molar-refractivity contribution in [3.63, 3.8) is 0 Å². The van der Waals surface area contributed by atoms with Crippen molar-refractivity contribution >= 4 is 0 Å². The number of fused-ring (bicyclic) bond motifs is 1. The van der Waals surface area contributed by atoms with Crippen molar-refractivity contribution in [1.29, 1.82) is 0 Å². The number of unbranched alkanes of at least 4 members (excludes halogenated alkanes) is 2. The van der Waals surface area contributed by atoms with Gasteiger partial charge in [0.05, 0.1) is 5.69 Å². The summed E-state index contributed by atoms with van der Waals surface area (Å²) >= 11 is 0. The molecule has 0 N–H and O–H groups in total. The van der Waals surface area contributed by atoms with Crippen molar-refractivity contribution in [2.75, 3.05) is 0 Å². The second-order valence-corrected chi connectivity index (χ2v) is 10.6. The van der Waals surface area contributed by atoms with Gasteiger partial charge in [0.25, 0.3) is 0 Å². The third-order valence-electron chi connectivity index (χ3n) is 8.27. The Kier molecular flexibility index (Phi) is 7.86. The van der Waals surface area contributed by atoms with Gasteiger partial charge in [-0.3, -0.25) is 4.98 Å². The normalized spacial score (nSPS) is 25.9. The molecule has 0 bridgehead atoms. The largest absolute Gasteiger partial charge is 0.253 e. The fourth-order valence-corrected chi connectivity index (χ4v) is 6.27. The molecule has 1 saturated carbocycles. The molecule has 1 aromatic carbocycles. The van der Waals surface area contributed by atoms with E-state index in [1.165, 1.54) is 87.4 Å². The Hall–Kier alpha value is -1.63. The summed E-state index contributed by atoms with van der Waals surface area (Å²) in [6.45, 7) is 7.12. The summed E-state index contributed by atoms with van der Waals surface area (Å²) in [7, 11) is 0. The SMILES string of the molecule is CCCCCC1CCC(c2ccc(-c3ccc4c(n3)CCC(CCC)C4)cc2)CC1C. The van der Waals surface area contributed by atoms with Gasteiger partial charge in [-0.05, 0) is 79.4 Å². The smallest absolute Gasteiger partial charge is 0.0705 e. The van der Waals surface area contributed by atoms with E-state index < -0.39 is 0 Å². The van der Waals surface area contributed by atoms with Crippen molar-refractivity contribution in [3.8, 4) is 11.3 Å². The average molecular weight is 418 g/mol. The van der Waals surface area contributed by atoms with Crippen LogP contribution in [0.4, 0.5) is 0 Å². The predicted molar refractivity (Wildman–Crippen MR) is 133 cm³/mol. The fraction of sp³-hybridized carbons (Fsp3) is 0.633. The number of aromatic nitrogens is 1. The molecule has 0 aliphatic heterocycles. The van der Waals surface area contributed by atoms with Crippen molar-refractivity contribution in [3.05, 3.63) is 53.2 Å². The molecule has 1 nitrogen and oxygen atoms in total. The first-order chi connectivity index (χ1) is 15.2. The van der Waals surface area contributed by atoms with Gasteiger partial charge in [-0.15, -0.1) is 0 Å². The maximum atomic E-state index is 5.08. The standard InChI is InChI=1S/C30H43N/c1-4-6-7-9-24-11-16-27(20-22(24)3)25-12-14-26(15-13-25)29-19-17-28-21-23(8-5-2)10-18-30(28)31-29/h12-15,17,19,22-24,27H,4-11,16,18,20-21H2,1-3H3. The number of benzene rings is 1. The minimum Gasteiger partial charge on any atom is -0.253 e. The number of rotatable bonds is 8. The van der Waals surface area contributed by atoms with E-state index in [0.717, 1.165) is 35.8 Å². The number of nitrogens with zero attached hydrogens (tertiary/aromatic N) is 1. The molecule has 4 atom stereocenters. The van der Waals surface area contributed by atoms with Crippen LogP contribution in [-0.2, 0) is 12.8 Å². The molecular weight excluding hydrogens is 374 g/mol. The lowest BCUT2D eigenvalue weighted by atomic mass is 9.71. The molecule has 1 aromatic heterocycles. The van der Waals surface area contributed by atoms with Crippen molar-refractivity contribution in [2.45, 2.75) is 104 Å². The monoisotopic (exact) mass is 417 g/mol. The summed E-state index contributed by atoms with van der Waals surface area (Å²) in [4.78, 5) is 5.08. The first kappa shape index (κ1) is 22.6. The van der Waals surface area contributed by atoms with Crippen LogP contribution < -0.4 is 0 Å². The maximum Gasteiger partial charge on any atom is 0.0705 e. The van der Waals surface area contributed by atoms with Gasteiger partial charge in [0, 0.05) is 11.3 Å². The Morgan fingerprint density at radius 1 is 0.871 bits per heavy atom. The van der Waals surface area contributed by atoms with Gasteiger partial charge in [-0.2, -0.15) is 0 Å². The number of hydrogen-bond donors (Lipinski definition) is 0. The highest BCUT2D eigenvalue weighted by Crippen LogP contribution is 2.41. The van der Waals surface area contributed by atoms with Crippen LogP contribution >= 0.6 is 0 Å². The molecule has 0 spiro atoms. The van der Waals surface area contributed by atoms with Crippen molar-refractivity contribution in [1.82, 2.24) is 4.98 Å². The minimum atomic E-state index is 0.749. The van der Waals surface area contributed by atoms with Crippen LogP contribution in [0.25, 0.3) is 11.3 Å². The topological polar surface area (TPSA) is 12.9 Å². The van der Waals surface area contributed by atoms with Gasteiger partial charge in [-0.25, -0.2) is 0 Å². The summed E-state index contributed by atoms with van der Waals surface area (Å²) in [5.41, 5.74) is 6.83. The van der Waals surface area contributed by atoms with Crippen LogP contribution in [0.15, 0.2) is 36.4 Å². The second-order valence-electron chi connectivity index (χ2n) is 10.6. The van der Waals surface area contributed by atoms with E-state index in [1.54, 1.807) is 5.56 Å². The van der Waals surface area contributed by atoms with Crippen LogP contribution in [0.5, 0.6) is 0 Å². The molecule has 31 heavy (non-hydrogen) atoms. The number of aryl methyl sites for hydroxylation is 1. The third kappa shape index (κ3) is 5.60. The van der Waals surface area contributed by atoms with E-state index in [2.05, 4.69) is 57.2 Å².